The fraction of sp³-hybridized carbons (Fsp3) is 0.429. The lowest BCUT2D eigenvalue weighted by atomic mass is 10.0. The van der Waals surface area contributed by atoms with Gasteiger partial charge < -0.3 is 25.2 Å². The second-order valence-corrected chi connectivity index (χ2v) is 12.5. The molecule has 3 aliphatic heterocycles. The van der Waals surface area contributed by atoms with Crippen LogP contribution in [0.1, 0.15) is 41.6 Å². The molecule has 236 valence electrons. The van der Waals surface area contributed by atoms with Gasteiger partial charge in [0.05, 0.1) is 19.0 Å². The topological polar surface area (TPSA) is 111 Å². The number of nitrogens with zero attached hydrogens (tertiary/aromatic N) is 3. The van der Waals surface area contributed by atoms with Gasteiger partial charge in [0.2, 0.25) is 17.7 Å². The van der Waals surface area contributed by atoms with E-state index in [-0.39, 0.29) is 68.3 Å². The molecule has 0 saturated carbocycles. The maximum absolute atomic E-state index is 14.2. The van der Waals surface area contributed by atoms with Crippen LogP contribution in [0.25, 0.3) is 10.8 Å². The Morgan fingerprint density at radius 2 is 1.69 bits per heavy atom. The van der Waals surface area contributed by atoms with Crippen molar-refractivity contribution in [1.29, 1.82) is 0 Å². The van der Waals surface area contributed by atoms with Gasteiger partial charge in [-0.05, 0) is 73.3 Å². The van der Waals surface area contributed by atoms with E-state index >= 15 is 0 Å². The van der Waals surface area contributed by atoms with E-state index in [1.54, 1.807) is 41.1 Å². The van der Waals surface area contributed by atoms with Gasteiger partial charge >= 0.3 is 0 Å². The maximum atomic E-state index is 14.2. The molecule has 6 rings (SSSR count). The monoisotopic (exact) mass is 611 g/mol. The Labute approximate surface area is 263 Å². The number of carbonyl (C=O) groups is 4. The lowest BCUT2D eigenvalue weighted by Crippen LogP contribution is -2.53. The number of carbonyl (C=O) groups excluding carboxylic acids is 4. The van der Waals surface area contributed by atoms with E-state index in [1.807, 2.05) is 42.5 Å². The predicted octanol–water partition coefficient (Wildman–Crippen LogP) is 2.60. The smallest absolute Gasteiger partial charge is 0.253 e. The number of benzene rings is 3. The van der Waals surface area contributed by atoms with Crippen LogP contribution in [-0.2, 0) is 20.8 Å². The Kier molecular flexibility index (Phi) is 9.30. The molecule has 0 aromatic heterocycles. The second kappa shape index (κ2) is 13.7. The van der Waals surface area contributed by atoms with Gasteiger partial charge in [0.1, 0.15) is 18.4 Å². The normalized spacial score (nSPS) is 22.6. The summed E-state index contributed by atoms with van der Waals surface area (Å²) < 4.78 is 6.13. The average Bonchev–Trinajstić information content (AvgIpc) is 3.70. The van der Waals surface area contributed by atoms with Crippen molar-refractivity contribution >= 4 is 34.4 Å². The maximum Gasteiger partial charge on any atom is 0.253 e. The molecule has 10 nitrogen and oxygen atoms in total. The van der Waals surface area contributed by atoms with Gasteiger partial charge in [-0.3, -0.25) is 24.1 Å². The zero-order valence-corrected chi connectivity index (χ0v) is 25.7. The zero-order chi connectivity index (χ0) is 31.3. The summed E-state index contributed by atoms with van der Waals surface area (Å²) in [6.45, 7) is 2.77. The number of nitrogens with one attached hydrogen (secondary N) is 2. The molecule has 2 saturated heterocycles. The van der Waals surface area contributed by atoms with Crippen LogP contribution in [0.2, 0.25) is 0 Å². The molecule has 2 N–H and O–H groups in total. The summed E-state index contributed by atoms with van der Waals surface area (Å²) in [5, 5.41) is 8.33. The van der Waals surface area contributed by atoms with E-state index in [0.29, 0.717) is 24.3 Å². The van der Waals surface area contributed by atoms with Gasteiger partial charge in [0.15, 0.2) is 0 Å². The van der Waals surface area contributed by atoms with Crippen molar-refractivity contribution in [1.82, 2.24) is 25.3 Å². The zero-order valence-electron chi connectivity index (χ0n) is 25.7. The van der Waals surface area contributed by atoms with Crippen molar-refractivity contribution < 1.29 is 23.9 Å². The Hall–Kier alpha value is -4.44. The highest BCUT2D eigenvalue weighted by Gasteiger charge is 2.40. The lowest BCUT2D eigenvalue weighted by molar-refractivity contribution is -0.138. The predicted molar refractivity (Wildman–Crippen MR) is 171 cm³/mol. The number of likely N-dealkylation sites (tertiary alicyclic amines) is 1. The van der Waals surface area contributed by atoms with Crippen molar-refractivity contribution in [2.45, 2.75) is 50.2 Å². The van der Waals surface area contributed by atoms with Gasteiger partial charge in [-0.1, -0.05) is 48.5 Å². The van der Waals surface area contributed by atoms with E-state index in [4.69, 9.17) is 4.74 Å². The van der Waals surface area contributed by atoms with Crippen LogP contribution in [0.4, 0.5) is 0 Å². The molecule has 2 bridgehead atoms. The summed E-state index contributed by atoms with van der Waals surface area (Å²) >= 11 is 0. The number of fused-ring (bicyclic) bond motifs is 4. The van der Waals surface area contributed by atoms with Crippen molar-refractivity contribution in [3.8, 4) is 5.75 Å². The molecule has 3 atom stereocenters. The fourth-order valence-corrected chi connectivity index (χ4v) is 6.66. The second-order valence-electron chi connectivity index (χ2n) is 12.5. The van der Waals surface area contributed by atoms with E-state index in [2.05, 4.69) is 15.5 Å². The summed E-state index contributed by atoms with van der Waals surface area (Å²) in [5.74, 6) is -0.171. The summed E-state index contributed by atoms with van der Waals surface area (Å²) in [6.07, 6.45) is 3.15. The Bertz CT molecular complexity index is 1570. The molecule has 0 unspecified atom stereocenters. The minimum absolute atomic E-state index is 0.109. The molecular weight excluding hydrogens is 570 g/mol. The average molecular weight is 612 g/mol. The van der Waals surface area contributed by atoms with E-state index in [9.17, 15) is 19.2 Å². The molecular formula is C35H41N5O5. The molecule has 3 heterocycles. The van der Waals surface area contributed by atoms with E-state index in [1.165, 1.54) is 0 Å². The largest absolute Gasteiger partial charge is 0.491 e. The molecule has 3 aliphatic rings. The van der Waals surface area contributed by atoms with E-state index in [0.717, 1.165) is 42.3 Å². The number of rotatable bonds is 6. The fourth-order valence-electron chi connectivity index (χ4n) is 6.66. The Morgan fingerprint density at radius 3 is 2.51 bits per heavy atom. The first-order valence-electron chi connectivity index (χ1n) is 15.9. The molecule has 10 heteroatoms. The molecule has 2 fully saturated rings. The van der Waals surface area contributed by atoms with Crippen LogP contribution in [0.15, 0.2) is 66.7 Å². The van der Waals surface area contributed by atoms with Gasteiger partial charge in [-0.2, -0.15) is 0 Å². The van der Waals surface area contributed by atoms with Crippen LogP contribution in [0.5, 0.6) is 5.75 Å². The molecule has 0 radical (unpaired) electrons. The van der Waals surface area contributed by atoms with Gasteiger partial charge in [-0.25, -0.2) is 0 Å². The van der Waals surface area contributed by atoms with Crippen LogP contribution in [0, 0.1) is 0 Å². The number of hydrogen-bond donors (Lipinski definition) is 2. The van der Waals surface area contributed by atoms with Crippen LogP contribution in [0.3, 0.4) is 0 Å². The molecule has 0 aliphatic carbocycles. The van der Waals surface area contributed by atoms with Crippen LogP contribution < -0.4 is 15.4 Å². The first kappa shape index (κ1) is 30.6. The molecule has 45 heavy (non-hydrogen) atoms. The van der Waals surface area contributed by atoms with Gasteiger partial charge in [-0.15, -0.1) is 0 Å². The highest BCUT2D eigenvalue weighted by molar-refractivity contribution is 5.94. The third-order valence-electron chi connectivity index (χ3n) is 9.06. The number of ether oxygens (including phenoxy) is 1. The van der Waals surface area contributed by atoms with Gasteiger partial charge in [0, 0.05) is 31.7 Å². The van der Waals surface area contributed by atoms with E-state index < -0.39 is 6.04 Å². The highest BCUT2D eigenvalue weighted by atomic mass is 16.5. The summed E-state index contributed by atoms with van der Waals surface area (Å²) in [7, 11) is 1.70. The molecule has 0 spiro atoms. The lowest BCUT2D eigenvalue weighted by Gasteiger charge is -2.30. The number of amides is 4. The molecule has 3 aromatic carbocycles. The van der Waals surface area contributed by atoms with Crippen LogP contribution >= 0.6 is 0 Å². The SMILES string of the molecule is CN1CC[C@H](NC(=O)CN2CCCC2)C(=O)N2C[C@@H](NC(=O)Cc3ccc4ccccc4c3)C[C@H]2COc2cccc(c2)C1=O. The third-order valence-corrected chi connectivity index (χ3v) is 9.06. The standard InChI is InChI=1S/C35H41N5O5/c1-38-16-13-31(37-33(42)22-39-14-4-5-15-39)35(44)40-21-28(20-29(40)23-45-30-10-6-9-27(19-30)34(38)43)36-32(41)18-24-11-12-25-7-2-3-8-26(25)17-24/h2-3,6-12,17,19,28-29,31H,4-5,13-16,18,20-23H2,1H3,(H,36,41)(H,37,42)/t28-,29-,31-/m0/s1. The third kappa shape index (κ3) is 7.45. The minimum atomic E-state index is -0.811. The van der Waals surface area contributed by atoms with Crippen LogP contribution in [-0.4, -0.2) is 103 Å². The van der Waals surface area contributed by atoms with Crippen molar-refractivity contribution in [2.24, 2.45) is 0 Å². The van der Waals surface area contributed by atoms with Gasteiger partial charge in [0.25, 0.3) is 5.91 Å². The summed E-state index contributed by atoms with van der Waals surface area (Å²) in [6, 6.07) is 19.7. The molecule has 3 aromatic rings. The minimum Gasteiger partial charge on any atom is -0.491 e. The molecule has 4 amide bonds. The van der Waals surface area contributed by atoms with Crippen molar-refractivity contribution in [3.63, 3.8) is 0 Å². The number of hydrogen-bond acceptors (Lipinski definition) is 6. The van der Waals surface area contributed by atoms with Crippen molar-refractivity contribution in [2.75, 3.05) is 46.4 Å². The highest BCUT2D eigenvalue weighted by Crippen LogP contribution is 2.24. The summed E-state index contributed by atoms with van der Waals surface area (Å²) in [5.41, 5.74) is 1.42. The Morgan fingerprint density at radius 1 is 0.889 bits per heavy atom. The van der Waals surface area contributed by atoms with Crippen molar-refractivity contribution in [3.05, 3.63) is 77.9 Å². The first-order valence-corrected chi connectivity index (χ1v) is 15.9. The summed E-state index contributed by atoms with van der Waals surface area (Å²) in [4.78, 5) is 58.9. The Balaban J connectivity index is 1.19. The first-order chi connectivity index (χ1) is 21.8. The quantitative estimate of drug-likeness (QED) is 0.444.